The highest BCUT2D eigenvalue weighted by Gasteiger charge is 2.46. The van der Waals surface area contributed by atoms with Crippen molar-refractivity contribution in [3.63, 3.8) is 0 Å². The zero-order chi connectivity index (χ0) is 15.7. The molecule has 2 aliphatic heterocycles. The maximum atomic E-state index is 6.54. The maximum absolute atomic E-state index is 6.54. The topological polar surface area (TPSA) is 18.5 Å². The van der Waals surface area contributed by atoms with Gasteiger partial charge in [0.1, 0.15) is 12.2 Å². The second kappa shape index (κ2) is 4.91. The van der Waals surface area contributed by atoms with E-state index in [1.807, 2.05) is 0 Å². The molecule has 2 aliphatic carbocycles. The lowest BCUT2D eigenvalue weighted by molar-refractivity contribution is 0.140. The van der Waals surface area contributed by atoms with E-state index in [4.69, 9.17) is 9.47 Å². The van der Waals surface area contributed by atoms with Crippen molar-refractivity contribution in [3.05, 3.63) is 35.4 Å². The molecule has 2 heterocycles. The van der Waals surface area contributed by atoms with Gasteiger partial charge in [0, 0.05) is 23.0 Å². The number of benzene rings is 2. The molecule has 4 aliphatic rings. The van der Waals surface area contributed by atoms with Crippen LogP contribution in [-0.2, 0) is 0 Å². The minimum Gasteiger partial charge on any atom is -0.486 e. The maximum Gasteiger partial charge on any atom is 0.166 e. The molecule has 2 saturated carbocycles. The molecule has 4 unspecified atom stereocenters. The highest BCUT2D eigenvalue weighted by molar-refractivity contribution is 5.95. The fourth-order valence-corrected chi connectivity index (χ4v) is 5.85. The molecule has 0 bridgehead atoms. The van der Waals surface area contributed by atoms with Crippen LogP contribution in [0.3, 0.4) is 0 Å². The first-order chi connectivity index (χ1) is 11.9. The Morgan fingerprint density at radius 1 is 0.625 bits per heavy atom. The molecule has 0 radical (unpaired) electrons. The third kappa shape index (κ3) is 1.67. The van der Waals surface area contributed by atoms with Gasteiger partial charge in [-0.15, -0.1) is 0 Å². The van der Waals surface area contributed by atoms with Crippen LogP contribution in [0.1, 0.15) is 74.3 Å². The van der Waals surface area contributed by atoms with E-state index in [9.17, 15) is 0 Å². The van der Waals surface area contributed by atoms with Crippen molar-refractivity contribution in [2.45, 2.75) is 75.4 Å². The Morgan fingerprint density at radius 3 is 1.58 bits per heavy atom. The van der Waals surface area contributed by atoms with Crippen molar-refractivity contribution in [3.8, 4) is 11.5 Å². The summed E-state index contributed by atoms with van der Waals surface area (Å²) >= 11 is 0. The first-order valence-electron chi connectivity index (χ1n) is 9.83. The Balaban J connectivity index is 1.64. The third-order valence-corrected chi connectivity index (χ3v) is 6.89. The van der Waals surface area contributed by atoms with Crippen LogP contribution >= 0.6 is 0 Å². The molecular weight excluding hydrogens is 296 g/mol. The summed E-state index contributed by atoms with van der Waals surface area (Å²) in [5.41, 5.74) is 2.93. The molecule has 0 N–H and O–H groups in total. The van der Waals surface area contributed by atoms with E-state index < -0.39 is 0 Å². The number of hydrogen-bond acceptors (Lipinski definition) is 2. The average molecular weight is 320 g/mol. The number of hydrogen-bond donors (Lipinski definition) is 0. The van der Waals surface area contributed by atoms with E-state index >= 15 is 0 Å². The molecule has 6 rings (SSSR count). The Kier molecular flexibility index (Phi) is 2.77. The summed E-state index contributed by atoms with van der Waals surface area (Å²) < 4.78 is 13.1. The standard InChI is InChI=1S/C22H24O2/c1-2-8-14-13(7-1)19-15-9-3-5-11-17(15)23-21(19)22-20(14)16-10-4-6-12-18(16)24-22/h1-2,7-8,15-18H,3-6,9-12H2. The van der Waals surface area contributed by atoms with Crippen LogP contribution in [0.2, 0.25) is 0 Å². The van der Waals surface area contributed by atoms with Crippen LogP contribution in [0.5, 0.6) is 11.5 Å². The third-order valence-electron chi connectivity index (χ3n) is 6.89. The van der Waals surface area contributed by atoms with Gasteiger partial charge in [-0.2, -0.15) is 0 Å². The van der Waals surface area contributed by atoms with Crippen LogP contribution in [-0.4, -0.2) is 12.2 Å². The summed E-state index contributed by atoms with van der Waals surface area (Å²) in [6.07, 6.45) is 11.0. The summed E-state index contributed by atoms with van der Waals surface area (Å²) in [6, 6.07) is 9.04. The summed E-state index contributed by atoms with van der Waals surface area (Å²) in [5.74, 6) is 3.40. The normalized spacial score (nSPS) is 33.2. The molecule has 0 saturated heterocycles. The quantitative estimate of drug-likeness (QED) is 0.622. The summed E-state index contributed by atoms with van der Waals surface area (Å²) in [4.78, 5) is 0. The smallest absolute Gasteiger partial charge is 0.166 e. The van der Waals surface area contributed by atoms with Crippen molar-refractivity contribution < 1.29 is 9.47 Å². The monoisotopic (exact) mass is 320 g/mol. The molecule has 0 aromatic heterocycles. The predicted octanol–water partition coefficient (Wildman–Crippen LogP) is 5.68. The van der Waals surface area contributed by atoms with E-state index in [1.54, 1.807) is 0 Å². The molecule has 4 atom stereocenters. The molecule has 124 valence electrons. The predicted molar refractivity (Wildman–Crippen MR) is 95.2 cm³/mol. The molecule has 2 heteroatoms. The van der Waals surface area contributed by atoms with Crippen molar-refractivity contribution in [2.75, 3.05) is 0 Å². The van der Waals surface area contributed by atoms with E-state index in [2.05, 4.69) is 24.3 Å². The summed E-state index contributed by atoms with van der Waals surface area (Å²) in [7, 11) is 0. The summed E-state index contributed by atoms with van der Waals surface area (Å²) in [6.45, 7) is 0. The largest absolute Gasteiger partial charge is 0.486 e. The molecule has 2 nitrogen and oxygen atoms in total. The minimum absolute atomic E-state index is 0.384. The van der Waals surface area contributed by atoms with Crippen molar-refractivity contribution in [1.29, 1.82) is 0 Å². The van der Waals surface area contributed by atoms with Crippen LogP contribution in [0.4, 0.5) is 0 Å². The second-order valence-electron chi connectivity index (χ2n) is 8.13. The Labute approximate surface area is 143 Å². The van der Waals surface area contributed by atoms with Crippen LogP contribution in [0.25, 0.3) is 10.8 Å². The zero-order valence-electron chi connectivity index (χ0n) is 14.1. The number of ether oxygens (including phenoxy) is 2. The second-order valence-corrected chi connectivity index (χ2v) is 8.13. The fraction of sp³-hybridized carbons (Fsp3) is 0.545. The van der Waals surface area contributed by atoms with Gasteiger partial charge in [-0.05, 0) is 49.3 Å². The molecule has 2 fully saturated rings. The number of rotatable bonds is 0. The van der Waals surface area contributed by atoms with Gasteiger partial charge >= 0.3 is 0 Å². The van der Waals surface area contributed by atoms with E-state index in [0.717, 1.165) is 11.5 Å². The minimum atomic E-state index is 0.384. The van der Waals surface area contributed by atoms with Crippen molar-refractivity contribution in [2.24, 2.45) is 0 Å². The Hall–Kier alpha value is -1.70. The van der Waals surface area contributed by atoms with Crippen LogP contribution in [0.15, 0.2) is 24.3 Å². The summed E-state index contributed by atoms with van der Waals surface area (Å²) in [5, 5.41) is 2.88. The zero-order valence-corrected chi connectivity index (χ0v) is 14.1. The van der Waals surface area contributed by atoms with Gasteiger partial charge in [0.15, 0.2) is 11.5 Å². The lowest BCUT2D eigenvalue weighted by Crippen LogP contribution is -2.23. The molecule has 0 amide bonds. The van der Waals surface area contributed by atoms with Gasteiger partial charge in [0.25, 0.3) is 0 Å². The van der Waals surface area contributed by atoms with Crippen molar-refractivity contribution in [1.82, 2.24) is 0 Å². The van der Waals surface area contributed by atoms with Crippen LogP contribution < -0.4 is 9.47 Å². The van der Waals surface area contributed by atoms with Crippen molar-refractivity contribution >= 4 is 10.8 Å². The van der Waals surface area contributed by atoms with Crippen LogP contribution in [0, 0.1) is 0 Å². The van der Waals surface area contributed by atoms with E-state index in [0.29, 0.717) is 24.0 Å². The molecule has 2 aromatic carbocycles. The van der Waals surface area contributed by atoms with Gasteiger partial charge in [0.05, 0.1) is 0 Å². The van der Waals surface area contributed by atoms with Gasteiger partial charge < -0.3 is 9.47 Å². The van der Waals surface area contributed by atoms with Gasteiger partial charge in [-0.25, -0.2) is 0 Å². The van der Waals surface area contributed by atoms with Gasteiger partial charge in [-0.3, -0.25) is 0 Å². The lowest BCUT2D eigenvalue weighted by Gasteiger charge is -2.25. The van der Waals surface area contributed by atoms with E-state index in [-0.39, 0.29) is 0 Å². The highest BCUT2D eigenvalue weighted by atomic mass is 16.5. The lowest BCUT2D eigenvalue weighted by atomic mass is 9.78. The van der Waals surface area contributed by atoms with Gasteiger partial charge in [-0.1, -0.05) is 37.1 Å². The van der Waals surface area contributed by atoms with E-state index in [1.165, 1.54) is 73.3 Å². The fourth-order valence-electron chi connectivity index (χ4n) is 5.85. The SMILES string of the molecule is c1ccc2c3c(c4c(c2c1)C1CCCCC1O4)OC1CCCCC31. The number of fused-ring (bicyclic) bond motifs is 10. The first kappa shape index (κ1) is 13.6. The Bertz CT molecular complexity index is 756. The average Bonchev–Trinajstić information content (AvgIpc) is 3.21. The molecule has 0 spiro atoms. The molecular formula is C22H24O2. The molecule has 24 heavy (non-hydrogen) atoms. The highest BCUT2D eigenvalue weighted by Crippen LogP contribution is 2.59. The van der Waals surface area contributed by atoms with Gasteiger partial charge in [0.2, 0.25) is 0 Å². The Morgan fingerprint density at radius 2 is 1.08 bits per heavy atom. The molecule has 2 aromatic rings. The first-order valence-corrected chi connectivity index (χ1v) is 9.83.